The minimum atomic E-state index is 0. The molecule has 4 rings (SSSR count). The van der Waals surface area contributed by atoms with Crippen LogP contribution in [0.3, 0.4) is 0 Å². The number of hydrogen-bond acceptors (Lipinski definition) is 0. The van der Waals surface area contributed by atoms with Crippen molar-refractivity contribution in [2.24, 2.45) is 0 Å². The highest BCUT2D eigenvalue weighted by atomic mass is 14.0. The maximum Gasteiger partial charge on any atom is -0.00882 e. The molecule has 0 nitrogen and oxygen atoms in total. The second-order valence-corrected chi connectivity index (χ2v) is 4.55. The molecule has 2 aliphatic carbocycles. The van der Waals surface area contributed by atoms with Gasteiger partial charge in [-0.15, -0.1) is 0 Å². The molecule has 2 aromatic carbocycles. The van der Waals surface area contributed by atoms with Crippen LogP contribution < -0.4 is 0 Å². The highest BCUT2D eigenvalue weighted by molar-refractivity contribution is 5.59. The van der Waals surface area contributed by atoms with Crippen molar-refractivity contribution in [3.63, 3.8) is 0 Å². The largest absolute Gasteiger partial charge is 0.0808 e. The van der Waals surface area contributed by atoms with Crippen LogP contribution in [0.4, 0.5) is 0 Å². The van der Waals surface area contributed by atoms with Gasteiger partial charge < -0.3 is 0 Å². The normalized spacial score (nSPS) is 8.05. The van der Waals surface area contributed by atoms with Crippen LogP contribution in [0.1, 0.15) is 150 Å². The highest BCUT2D eigenvalue weighted by Gasteiger charge is 2.00. The molecule has 0 bridgehead atoms. The predicted octanol–water partition coefficient (Wildman–Crippen LogP) is 15.3. The zero-order valence-corrected chi connectivity index (χ0v) is 29.7. The molecule has 39 heavy (non-hydrogen) atoms. The minimum Gasteiger partial charge on any atom is -0.0808 e. The van der Waals surface area contributed by atoms with E-state index in [1.807, 2.05) is 161 Å². The summed E-state index contributed by atoms with van der Waals surface area (Å²) >= 11 is 0. The van der Waals surface area contributed by atoms with Crippen molar-refractivity contribution in [2.45, 2.75) is 145 Å². The smallest absolute Gasteiger partial charge is 0.00882 e. The maximum absolute atomic E-state index is 2.20. The Labute approximate surface area is 252 Å². The lowest BCUT2D eigenvalue weighted by molar-refractivity contribution is 1.31. The molecule has 0 amide bonds. The Bertz CT molecular complexity index is 537. The molecular weight excluding hydrogens is 468 g/mol. The first-order valence-corrected chi connectivity index (χ1v) is 16.0. The van der Waals surface area contributed by atoms with Gasteiger partial charge in [0.15, 0.2) is 0 Å². The number of rotatable bonds is 0. The van der Waals surface area contributed by atoms with E-state index in [-0.39, 0.29) is 7.43 Å². The quantitative estimate of drug-likeness (QED) is 0.308. The van der Waals surface area contributed by atoms with Gasteiger partial charge in [-0.05, 0) is 24.0 Å². The summed E-state index contributed by atoms with van der Waals surface area (Å²) in [6, 6.07) is 20.5. The average Bonchev–Trinajstić information content (AvgIpc) is 3.83. The fourth-order valence-electron chi connectivity index (χ4n) is 1.97. The Morgan fingerprint density at radius 3 is 0.949 bits per heavy atom. The van der Waals surface area contributed by atoms with E-state index in [1.165, 1.54) is 11.1 Å². The van der Waals surface area contributed by atoms with Crippen LogP contribution in [0.5, 0.6) is 0 Å². The van der Waals surface area contributed by atoms with E-state index in [0.29, 0.717) is 0 Å². The standard InChI is InChI=1S/C9H8.C6H6.C5H6.9C2H6.CH4/c1-2-5-9-7-3-6-8(9)4-1;1-2-4-6-5-3-1;1-2-4-5-3-1;9*1-2;/h1-6H,7H2;1-6H;1-4H,5H2;9*1-2H3;1H4. The van der Waals surface area contributed by atoms with Crippen molar-refractivity contribution in [2.75, 3.05) is 0 Å². The van der Waals surface area contributed by atoms with Crippen molar-refractivity contribution < 1.29 is 0 Å². The van der Waals surface area contributed by atoms with Crippen LogP contribution in [0, 0.1) is 0 Å². The van der Waals surface area contributed by atoms with E-state index in [0.717, 1.165) is 12.8 Å². The monoisotopic (exact) mass is 547 g/mol. The summed E-state index contributed by atoms with van der Waals surface area (Å²) in [5.41, 5.74) is 2.84. The molecular formula is C39H78. The lowest BCUT2D eigenvalue weighted by Crippen LogP contribution is -1.76. The summed E-state index contributed by atoms with van der Waals surface area (Å²) in [6.45, 7) is 36.0. The van der Waals surface area contributed by atoms with Gasteiger partial charge in [0, 0.05) is 0 Å². The van der Waals surface area contributed by atoms with E-state index in [4.69, 9.17) is 0 Å². The van der Waals surface area contributed by atoms with Crippen molar-refractivity contribution >= 4 is 6.08 Å². The third-order valence-corrected chi connectivity index (χ3v) is 3.01. The molecule has 0 N–H and O–H groups in total. The number of fused-ring (bicyclic) bond motifs is 1. The molecule has 2 aliphatic rings. The number of allylic oxidation sites excluding steroid dienone is 5. The van der Waals surface area contributed by atoms with Crippen LogP contribution >= 0.6 is 0 Å². The van der Waals surface area contributed by atoms with Crippen LogP contribution in [-0.2, 0) is 6.42 Å². The Hall–Kier alpha value is -2.34. The van der Waals surface area contributed by atoms with Crippen LogP contribution in [-0.4, -0.2) is 0 Å². The highest BCUT2D eigenvalue weighted by Crippen LogP contribution is 2.17. The van der Waals surface area contributed by atoms with Crippen molar-refractivity contribution in [1.29, 1.82) is 0 Å². The van der Waals surface area contributed by atoms with Gasteiger partial charge in [-0.1, -0.05) is 229 Å². The summed E-state index contributed by atoms with van der Waals surface area (Å²) in [5.74, 6) is 0. The maximum atomic E-state index is 2.20. The number of benzene rings is 2. The summed E-state index contributed by atoms with van der Waals surface area (Å²) < 4.78 is 0. The molecule has 0 atom stereocenters. The molecule has 0 saturated carbocycles. The van der Waals surface area contributed by atoms with Gasteiger partial charge in [0.1, 0.15) is 0 Å². The third-order valence-electron chi connectivity index (χ3n) is 3.01. The molecule has 0 spiro atoms. The van der Waals surface area contributed by atoms with E-state index in [2.05, 4.69) is 60.7 Å². The van der Waals surface area contributed by atoms with E-state index in [1.54, 1.807) is 0 Å². The molecule has 0 radical (unpaired) electrons. The first-order valence-electron chi connectivity index (χ1n) is 16.0. The van der Waals surface area contributed by atoms with Crippen molar-refractivity contribution in [3.8, 4) is 0 Å². The SMILES string of the molecule is C.C1=CCC=C1.C1=Cc2ccccc2C1.CC.CC.CC.CC.CC.CC.CC.CC.CC.c1ccccc1. The first-order chi connectivity index (χ1) is 19.0. The van der Waals surface area contributed by atoms with Gasteiger partial charge in [-0.25, -0.2) is 0 Å². The molecule has 0 heterocycles. The second-order valence-electron chi connectivity index (χ2n) is 4.55. The van der Waals surface area contributed by atoms with Crippen LogP contribution in [0.25, 0.3) is 6.08 Å². The Kier molecular flexibility index (Phi) is 143. The van der Waals surface area contributed by atoms with E-state index in [9.17, 15) is 0 Å². The Morgan fingerprint density at radius 2 is 0.692 bits per heavy atom. The Balaban J connectivity index is -0.0000000388. The molecule has 0 aromatic heterocycles. The lowest BCUT2D eigenvalue weighted by Gasteiger charge is -1.93. The third kappa shape index (κ3) is 61.4. The van der Waals surface area contributed by atoms with Gasteiger partial charge in [-0.2, -0.15) is 0 Å². The predicted molar refractivity (Wildman–Crippen MR) is 197 cm³/mol. The fourth-order valence-corrected chi connectivity index (χ4v) is 1.97. The summed E-state index contributed by atoms with van der Waals surface area (Å²) in [5, 5.41) is 0. The molecule has 234 valence electrons. The molecule has 0 unspecified atom stereocenters. The molecule has 0 saturated heterocycles. The first kappa shape index (κ1) is 60.9. The zero-order chi connectivity index (χ0) is 31.9. The zero-order valence-electron chi connectivity index (χ0n) is 29.7. The average molecular weight is 547 g/mol. The van der Waals surface area contributed by atoms with E-state index >= 15 is 0 Å². The van der Waals surface area contributed by atoms with Crippen molar-refractivity contribution in [3.05, 3.63) is 102 Å². The van der Waals surface area contributed by atoms with Gasteiger partial charge in [-0.3, -0.25) is 0 Å². The fraction of sp³-hybridized carbons (Fsp3) is 0.538. The minimum absolute atomic E-state index is 0. The summed E-state index contributed by atoms with van der Waals surface area (Å²) in [6.07, 6.45) is 15.0. The lowest BCUT2D eigenvalue weighted by atomic mass is 10.1. The van der Waals surface area contributed by atoms with Gasteiger partial charge >= 0.3 is 0 Å². The second kappa shape index (κ2) is 91.3. The molecule has 0 aliphatic heterocycles. The molecule has 0 heteroatoms. The van der Waals surface area contributed by atoms with Gasteiger partial charge in [0.2, 0.25) is 0 Å². The topological polar surface area (TPSA) is 0 Å². The summed E-state index contributed by atoms with van der Waals surface area (Å²) in [4.78, 5) is 0. The summed E-state index contributed by atoms with van der Waals surface area (Å²) in [7, 11) is 0. The van der Waals surface area contributed by atoms with Crippen LogP contribution in [0.2, 0.25) is 0 Å². The van der Waals surface area contributed by atoms with Gasteiger partial charge in [0.05, 0.1) is 0 Å². The molecule has 2 aromatic rings. The Morgan fingerprint density at radius 1 is 0.385 bits per heavy atom. The van der Waals surface area contributed by atoms with E-state index < -0.39 is 0 Å². The number of hydrogen-bond donors (Lipinski definition) is 0. The van der Waals surface area contributed by atoms with Crippen LogP contribution in [0.15, 0.2) is 91.0 Å². The molecule has 0 fully saturated rings. The van der Waals surface area contributed by atoms with Gasteiger partial charge in [0.25, 0.3) is 0 Å². The van der Waals surface area contributed by atoms with Crippen molar-refractivity contribution in [1.82, 2.24) is 0 Å².